The molecule has 0 aliphatic heterocycles. The van der Waals surface area contributed by atoms with Crippen molar-refractivity contribution >= 4 is 11.9 Å². The second-order valence-corrected chi connectivity index (χ2v) is 6.72. The molecule has 0 aromatic heterocycles. The minimum atomic E-state index is -0.647. The number of amides is 1. The van der Waals surface area contributed by atoms with Gasteiger partial charge in [0.1, 0.15) is 23.7 Å². The van der Waals surface area contributed by atoms with Crippen molar-refractivity contribution in [1.29, 1.82) is 0 Å². The van der Waals surface area contributed by atoms with Crippen LogP contribution < -0.4 is 4.74 Å². The van der Waals surface area contributed by atoms with Gasteiger partial charge in [0.15, 0.2) is 6.61 Å². The van der Waals surface area contributed by atoms with Crippen molar-refractivity contribution in [3.63, 3.8) is 0 Å². The number of rotatable bonds is 8. The molecule has 0 fully saturated rings. The van der Waals surface area contributed by atoms with E-state index in [-0.39, 0.29) is 30.5 Å². The quantitative estimate of drug-likeness (QED) is 0.525. The zero-order valence-corrected chi connectivity index (χ0v) is 16.6. The Labute approximate surface area is 174 Å². The SMILES string of the molecule is CN(Cc1ccccc1)C(=O)COC(=O)c1ccccc1OCc1ccc(F)cc1. The van der Waals surface area contributed by atoms with Gasteiger partial charge in [-0.25, -0.2) is 9.18 Å². The summed E-state index contributed by atoms with van der Waals surface area (Å²) in [6, 6.07) is 22.1. The number of nitrogens with zero attached hydrogens (tertiary/aromatic N) is 1. The third-order valence-corrected chi connectivity index (χ3v) is 4.43. The van der Waals surface area contributed by atoms with Gasteiger partial charge in [0.05, 0.1) is 0 Å². The van der Waals surface area contributed by atoms with E-state index in [1.165, 1.54) is 17.0 Å². The Balaban J connectivity index is 1.56. The lowest BCUT2D eigenvalue weighted by molar-refractivity contribution is -0.133. The van der Waals surface area contributed by atoms with Gasteiger partial charge < -0.3 is 14.4 Å². The van der Waals surface area contributed by atoms with Gasteiger partial charge in [0, 0.05) is 13.6 Å². The normalized spacial score (nSPS) is 10.3. The van der Waals surface area contributed by atoms with E-state index < -0.39 is 5.97 Å². The number of halogens is 1. The van der Waals surface area contributed by atoms with Crippen molar-refractivity contribution in [2.45, 2.75) is 13.2 Å². The highest BCUT2D eigenvalue weighted by molar-refractivity contribution is 5.94. The Hall–Kier alpha value is -3.67. The molecule has 154 valence electrons. The summed E-state index contributed by atoms with van der Waals surface area (Å²) in [7, 11) is 1.66. The molecule has 6 heteroatoms. The topological polar surface area (TPSA) is 55.8 Å². The largest absolute Gasteiger partial charge is 0.488 e. The van der Waals surface area contributed by atoms with Gasteiger partial charge in [-0.2, -0.15) is 0 Å². The zero-order chi connectivity index (χ0) is 21.3. The number of carbonyl (C=O) groups is 2. The van der Waals surface area contributed by atoms with Gasteiger partial charge in [-0.05, 0) is 35.4 Å². The highest BCUT2D eigenvalue weighted by Gasteiger charge is 2.17. The molecule has 0 unspecified atom stereocenters. The highest BCUT2D eigenvalue weighted by Crippen LogP contribution is 2.20. The van der Waals surface area contributed by atoms with Crippen LogP contribution in [0.4, 0.5) is 4.39 Å². The summed E-state index contributed by atoms with van der Waals surface area (Å²) < 4.78 is 23.9. The fourth-order valence-corrected chi connectivity index (χ4v) is 2.76. The molecule has 0 spiro atoms. The molecule has 3 aromatic carbocycles. The van der Waals surface area contributed by atoms with Gasteiger partial charge in [0.25, 0.3) is 5.91 Å². The zero-order valence-electron chi connectivity index (χ0n) is 16.6. The molecule has 0 bridgehead atoms. The molecule has 0 aliphatic carbocycles. The summed E-state index contributed by atoms with van der Waals surface area (Å²) >= 11 is 0. The van der Waals surface area contributed by atoms with Crippen LogP contribution in [0.2, 0.25) is 0 Å². The first-order valence-corrected chi connectivity index (χ1v) is 9.44. The summed E-state index contributed by atoms with van der Waals surface area (Å²) in [6.45, 7) is 0.229. The molecule has 1 amide bonds. The predicted molar refractivity (Wildman–Crippen MR) is 110 cm³/mol. The molecular weight excluding hydrogens is 385 g/mol. The van der Waals surface area contributed by atoms with E-state index in [0.29, 0.717) is 12.3 Å². The van der Waals surface area contributed by atoms with E-state index in [4.69, 9.17) is 9.47 Å². The average molecular weight is 407 g/mol. The first kappa shape index (κ1) is 21.0. The van der Waals surface area contributed by atoms with Crippen LogP contribution in [0, 0.1) is 5.82 Å². The maximum atomic E-state index is 13.0. The Morgan fingerprint density at radius 2 is 1.53 bits per heavy atom. The molecule has 5 nitrogen and oxygen atoms in total. The van der Waals surface area contributed by atoms with Crippen LogP contribution in [0.25, 0.3) is 0 Å². The predicted octanol–water partition coefficient (Wildman–Crippen LogP) is 4.22. The second-order valence-electron chi connectivity index (χ2n) is 6.72. The Kier molecular flexibility index (Phi) is 7.16. The van der Waals surface area contributed by atoms with Crippen molar-refractivity contribution in [2.24, 2.45) is 0 Å². The van der Waals surface area contributed by atoms with E-state index in [0.717, 1.165) is 11.1 Å². The fourth-order valence-electron chi connectivity index (χ4n) is 2.76. The van der Waals surface area contributed by atoms with E-state index in [1.807, 2.05) is 30.3 Å². The number of para-hydroxylation sites is 1. The molecule has 0 atom stereocenters. The maximum Gasteiger partial charge on any atom is 0.342 e. The molecule has 0 N–H and O–H groups in total. The summed E-state index contributed by atoms with van der Waals surface area (Å²) in [5, 5.41) is 0. The summed E-state index contributed by atoms with van der Waals surface area (Å²) in [5.41, 5.74) is 1.97. The van der Waals surface area contributed by atoms with Gasteiger partial charge in [-0.15, -0.1) is 0 Å². The van der Waals surface area contributed by atoms with Crippen molar-refractivity contribution in [3.05, 3.63) is 101 Å². The second kappa shape index (κ2) is 10.2. The average Bonchev–Trinajstić information content (AvgIpc) is 2.77. The fraction of sp³-hybridized carbons (Fsp3) is 0.167. The number of ether oxygens (including phenoxy) is 2. The van der Waals surface area contributed by atoms with Gasteiger partial charge >= 0.3 is 5.97 Å². The first-order chi connectivity index (χ1) is 14.5. The van der Waals surface area contributed by atoms with Crippen LogP contribution >= 0.6 is 0 Å². The lowest BCUT2D eigenvalue weighted by Gasteiger charge is -2.17. The third kappa shape index (κ3) is 5.91. The molecule has 0 saturated heterocycles. The molecule has 3 rings (SSSR count). The Bertz CT molecular complexity index is 990. The summed E-state index contributed by atoms with van der Waals surface area (Å²) in [5.74, 6) is -0.954. The number of likely N-dealkylation sites (N-methyl/N-ethyl adjacent to an activating group) is 1. The van der Waals surface area contributed by atoms with E-state index >= 15 is 0 Å². The van der Waals surface area contributed by atoms with Crippen LogP contribution in [-0.2, 0) is 22.7 Å². The van der Waals surface area contributed by atoms with E-state index in [2.05, 4.69) is 0 Å². The van der Waals surface area contributed by atoms with E-state index in [9.17, 15) is 14.0 Å². The van der Waals surface area contributed by atoms with Crippen molar-refractivity contribution in [3.8, 4) is 5.75 Å². The van der Waals surface area contributed by atoms with E-state index in [1.54, 1.807) is 43.4 Å². The highest BCUT2D eigenvalue weighted by atomic mass is 19.1. The monoisotopic (exact) mass is 407 g/mol. The van der Waals surface area contributed by atoms with Gasteiger partial charge in [0.2, 0.25) is 0 Å². The molecule has 0 heterocycles. The van der Waals surface area contributed by atoms with Crippen LogP contribution in [0.1, 0.15) is 21.5 Å². The number of hydrogen-bond donors (Lipinski definition) is 0. The first-order valence-electron chi connectivity index (χ1n) is 9.44. The lowest BCUT2D eigenvalue weighted by Crippen LogP contribution is -2.30. The van der Waals surface area contributed by atoms with Gasteiger partial charge in [-0.3, -0.25) is 4.79 Å². The summed E-state index contributed by atoms with van der Waals surface area (Å²) in [6.07, 6.45) is 0. The third-order valence-electron chi connectivity index (χ3n) is 4.43. The minimum absolute atomic E-state index is 0.170. The standard InChI is InChI=1S/C24H22FNO4/c1-26(15-18-7-3-2-4-8-18)23(27)17-30-24(28)21-9-5-6-10-22(21)29-16-19-11-13-20(25)14-12-19/h2-14H,15-17H2,1H3. The molecule has 3 aromatic rings. The molecule has 0 saturated carbocycles. The Morgan fingerprint density at radius 1 is 0.867 bits per heavy atom. The lowest BCUT2D eigenvalue weighted by atomic mass is 10.2. The van der Waals surface area contributed by atoms with Crippen molar-refractivity contribution in [1.82, 2.24) is 4.90 Å². The Morgan fingerprint density at radius 3 is 2.27 bits per heavy atom. The molecule has 30 heavy (non-hydrogen) atoms. The van der Waals surface area contributed by atoms with Crippen LogP contribution in [0.3, 0.4) is 0 Å². The maximum absolute atomic E-state index is 13.0. The van der Waals surface area contributed by atoms with Crippen molar-refractivity contribution < 1.29 is 23.5 Å². The molecule has 0 aliphatic rings. The molecule has 0 radical (unpaired) electrons. The summed E-state index contributed by atoms with van der Waals surface area (Å²) in [4.78, 5) is 26.3. The number of benzene rings is 3. The smallest absolute Gasteiger partial charge is 0.342 e. The van der Waals surface area contributed by atoms with Crippen molar-refractivity contribution in [2.75, 3.05) is 13.7 Å². The number of carbonyl (C=O) groups excluding carboxylic acids is 2. The van der Waals surface area contributed by atoms with Gasteiger partial charge in [-0.1, -0.05) is 54.6 Å². The minimum Gasteiger partial charge on any atom is -0.488 e. The molecular formula is C24H22FNO4. The van der Waals surface area contributed by atoms with Crippen LogP contribution in [0.5, 0.6) is 5.75 Å². The number of esters is 1. The number of hydrogen-bond acceptors (Lipinski definition) is 4. The van der Waals surface area contributed by atoms with Crippen LogP contribution in [0.15, 0.2) is 78.9 Å². The van der Waals surface area contributed by atoms with Crippen LogP contribution in [-0.4, -0.2) is 30.4 Å².